The normalized spacial score (nSPS) is 22.3. The number of sulfonamides is 1. The molecule has 2 heterocycles. The maximum Gasteiger partial charge on any atom is 0.246 e. The minimum atomic E-state index is -3.55. The van der Waals surface area contributed by atoms with Crippen molar-refractivity contribution < 1.29 is 13.5 Å². The van der Waals surface area contributed by atoms with Crippen LogP contribution in [0.15, 0.2) is 4.90 Å². The molecule has 0 amide bonds. The third-order valence-corrected chi connectivity index (χ3v) is 5.52. The quantitative estimate of drug-likeness (QED) is 0.834. The van der Waals surface area contributed by atoms with Crippen LogP contribution in [0.2, 0.25) is 0 Å². The number of aromatic nitrogens is 2. The van der Waals surface area contributed by atoms with Gasteiger partial charge in [-0.15, -0.1) is 0 Å². The van der Waals surface area contributed by atoms with Crippen LogP contribution >= 0.6 is 0 Å². The lowest BCUT2D eigenvalue weighted by Gasteiger charge is -2.29. The van der Waals surface area contributed by atoms with E-state index in [-0.39, 0.29) is 11.4 Å². The molecule has 7 heteroatoms. The third kappa shape index (κ3) is 2.17. The van der Waals surface area contributed by atoms with E-state index in [1.165, 1.54) is 4.31 Å². The Morgan fingerprint density at radius 1 is 1.39 bits per heavy atom. The van der Waals surface area contributed by atoms with Crippen LogP contribution in [-0.2, 0) is 17.1 Å². The molecule has 1 saturated heterocycles. The molecule has 0 aromatic carbocycles. The molecule has 1 fully saturated rings. The highest BCUT2D eigenvalue weighted by atomic mass is 32.2. The van der Waals surface area contributed by atoms with Crippen molar-refractivity contribution in [1.29, 1.82) is 0 Å². The monoisotopic (exact) mass is 273 g/mol. The minimum absolute atomic E-state index is 0.177. The molecule has 1 aliphatic rings. The van der Waals surface area contributed by atoms with Crippen LogP contribution in [0.1, 0.15) is 24.2 Å². The smallest absolute Gasteiger partial charge is 0.246 e. The highest BCUT2D eigenvalue weighted by Gasteiger charge is 2.33. The zero-order valence-corrected chi connectivity index (χ0v) is 11.7. The molecule has 0 bridgehead atoms. The van der Waals surface area contributed by atoms with Crippen LogP contribution < -0.4 is 0 Å². The van der Waals surface area contributed by atoms with Crippen LogP contribution in [0.3, 0.4) is 0 Å². The molecular weight excluding hydrogens is 254 g/mol. The van der Waals surface area contributed by atoms with E-state index in [0.29, 0.717) is 30.8 Å². The van der Waals surface area contributed by atoms with E-state index in [9.17, 15) is 13.5 Å². The number of aryl methyl sites for hydroxylation is 2. The lowest BCUT2D eigenvalue weighted by atomic mass is 10.1. The summed E-state index contributed by atoms with van der Waals surface area (Å²) in [5.41, 5.74) is 1.14. The van der Waals surface area contributed by atoms with E-state index >= 15 is 0 Å². The minimum Gasteiger partial charge on any atom is -0.392 e. The van der Waals surface area contributed by atoms with Crippen molar-refractivity contribution in [2.24, 2.45) is 7.05 Å². The van der Waals surface area contributed by atoms with Crippen molar-refractivity contribution in [3.05, 3.63) is 11.4 Å². The van der Waals surface area contributed by atoms with E-state index in [2.05, 4.69) is 5.10 Å². The number of aliphatic hydroxyl groups excluding tert-OH is 1. The summed E-state index contributed by atoms with van der Waals surface area (Å²) < 4.78 is 28.0. The van der Waals surface area contributed by atoms with Gasteiger partial charge in [-0.1, -0.05) is 0 Å². The molecule has 0 spiro atoms. The molecule has 1 aromatic rings. The second-order valence-electron chi connectivity index (χ2n) is 4.78. The number of nitrogens with zero attached hydrogens (tertiary/aromatic N) is 3. The molecule has 2 rings (SSSR count). The summed E-state index contributed by atoms with van der Waals surface area (Å²) in [5.74, 6) is 0. The first kappa shape index (κ1) is 13.5. The second-order valence-corrected chi connectivity index (χ2v) is 6.66. The summed E-state index contributed by atoms with van der Waals surface area (Å²) in [6, 6.07) is 0. The highest BCUT2D eigenvalue weighted by Crippen LogP contribution is 2.25. The number of hydrogen-bond acceptors (Lipinski definition) is 4. The number of hydrogen-bond donors (Lipinski definition) is 1. The van der Waals surface area contributed by atoms with Gasteiger partial charge in [0.25, 0.3) is 0 Å². The number of piperidine rings is 1. The van der Waals surface area contributed by atoms with Gasteiger partial charge in [0.2, 0.25) is 10.0 Å². The van der Waals surface area contributed by atoms with Gasteiger partial charge in [-0.05, 0) is 26.7 Å². The van der Waals surface area contributed by atoms with E-state index in [1.807, 2.05) is 0 Å². The van der Waals surface area contributed by atoms with Gasteiger partial charge < -0.3 is 5.11 Å². The largest absolute Gasteiger partial charge is 0.392 e. The summed E-state index contributed by atoms with van der Waals surface area (Å²) in [6.45, 7) is 4.08. The molecule has 0 aliphatic carbocycles. The van der Waals surface area contributed by atoms with Gasteiger partial charge in [-0.2, -0.15) is 9.40 Å². The Hall–Kier alpha value is -0.920. The standard InChI is InChI=1S/C11H19N3O3S/c1-8-11(9(2)13(3)12-8)18(16,17)14-6-4-5-10(15)7-14/h10,15H,4-7H2,1-3H3/t10-/m0/s1. The van der Waals surface area contributed by atoms with Crippen LogP contribution in [0.4, 0.5) is 0 Å². The van der Waals surface area contributed by atoms with Crippen molar-refractivity contribution in [2.45, 2.75) is 37.7 Å². The fraction of sp³-hybridized carbons (Fsp3) is 0.727. The van der Waals surface area contributed by atoms with Gasteiger partial charge in [0.15, 0.2) is 0 Å². The van der Waals surface area contributed by atoms with E-state index in [4.69, 9.17) is 0 Å². The Kier molecular flexibility index (Phi) is 3.48. The first-order valence-electron chi connectivity index (χ1n) is 6.02. The lowest BCUT2D eigenvalue weighted by Crippen LogP contribution is -2.42. The van der Waals surface area contributed by atoms with Crippen molar-refractivity contribution in [3.8, 4) is 0 Å². The summed E-state index contributed by atoms with van der Waals surface area (Å²) in [4.78, 5) is 0.277. The molecule has 1 atom stereocenters. The Bertz CT molecular complexity index is 550. The summed E-state index contributed by atoms with van der Waals surface area (Å²) >= 11 is 0. The van der Waals surface area contributed by atoms with Gasteiger partial charge in [0.1, 0.15) is 4.90 Å². The van der Waals surface area contributed by atoms with Gasteiger partial charge in [-0.25, -0.2) is 8.42 Å². The molecule has 0 saturated carbocycles. The van der Waals surface area contributed by atoms with Crippen LogP contribution in [0.25, 0.3) is 0 Å². The highest BCUT2D eigenvalue weighted by molar-refractivity contribution is 7.89. The Balaban J connectivity index is 2.42. The molecule has 1 aromatic heterocycles. The number of aliphatic hydroxyl groups is 1. The lowest BCUT2D eigenvalue weighted by molar-refractivity contribution is 0.108. The average Bonchev–Trinajstić information content (AvgIpc) is 2.53. The molecular formula is C11H19N3O3S. The van der Waals surface area contributed by atoms with Crippen LogP contribution in [-0.4, -0.2) is 46.8 Å². The Morgan fingerprint density at radius 2 is 2.06 bits per heavy atom. The van der Waals surface area contributed by atoms with Gasteiger partial charge in [-0.3, -0.25) is 4.68 Å². The van der Waals surface area contributed by atoms with Crippen molar-refractivity contribution in [3.63, 3.8) is 0 Å². The fourth-order valence-corrected chi connectivity index (χ4v) is 4.31. The molecule has 1 aliphatic heterocycles. The van der Waals surface area contributed by atoms with Gasteiger partial charge >= 0.3 is 0 Å². The van der Waals surface area contributed by atoms with Gasteiger partial charge in [0, 0.05) is 20.1 Å². The summed E-state index contributed by atoms with van der Waals surface area (Å²) in [5, 5.41) is 13.7. The van der Waals surface area contributed by atoms with E-state index in [1.54, 1.807) is 25.6 Å². The SMILES string of the molecule is Cc1nn(C)c(C)c1S(=O)(=O)N1CCC[C@H](O)C1. The zero-order chi connectivity index (χ0) is 13.5. The maximum absolute atomic E-state index is 12.5. The molecule has 1 N–H and O–H groups in total. The molecule has 6 nitrogen and oxygen atoms in total. The molecule has 0 radical (unpaired) electrons. The molecule has 0 unspecified atom stereocenters. The van der Waals surface area contributed by atoms with Crippen molar-refractivity contribution in [2.75, 3.05) is 13.1 Å². The Morgan fingerprint density at radius 3 is 2.56 bits per heavy atom. The first-order valence-corrected chi connectivity index (χ1v) is 7.46. The third-order valence-electron chi connectivity index (χ3n) is 3.40. The predicted octanol–water partition coefficient (Wildman–Crippen LogP) is 0.182. The maximum atomic E-state index is 12.5. The topological polar surface area (TPSA) is 75.4 Å². The van der Waals surface area contributed by atoms with Crippen LogP contribution in [0, 0.1) is 13.8 Å². The van der Waals surface area contributed by atoms with Gasteiger partial charge in [0.05, 0.1) is 17.5 Å². The van der Waals surface area contributed by atoms with Crippen molar-refractivity contribution in [1.82, 2.24) is 14.1 Å². The summed E-state index contributed by atoms with van der Waals surface area (Å²) in [6.07, 6.45) is 0.793. The second kappa shape index (κ2) is 4.64. The van der Waals surface area contributed by atoms with Crippen molar-refractivity contribution >= 4 is 10.0 Å². The van der Waals surface area contributed by atoms with E-state index < -0.39 is 16.1 Å². The molecule has 18 heavy (non-hydrogen) atoms. The first-order chi connectivity index (χ1) is 8.34. The average molecular weight is 273 g/mol. The van der Waals surface area contributed by atoms with E-state index in [0.717, 1.165) is 0 Å². The summed E-state index contributed by atoms with van der Waals surface area (Å²) in [7, 11) is -1.82. The van der Waals surface area contributed by atoms with Crippen LogP contribution in [0.5, 0.6) is 0 Å². The fourth-order valence-electron chi connectivity index (χ4n) is 2.40. The predicted molar refractivity (Wildman–Crippen MR) is 66.7 cm³/mol. The Labute approximate surface area is 107 Å². The zero-order valence-electron chi connectivity index (χ0n) is 10.9. The molecule has 102 valence electrons. The number of β-amino-alcohol motifs (C(OH)–C–C–N with tert-alkyl or cyclic N) is 1. The number of rotatable bonds is 2.